The molecule has 0 spiro atoms. The van der Waals surface area contributed by atoms with Crippen molar-refractivity contribution in [3.63, 3.8) is 0 Å². The van der Waals surface area contributed by atoms with E-state index in [1.54, 1.807) is 0 Å². The second-order valence-electron chi connectivity index (χ2n) is 2.80. The smallest absolute Gasteiger partial charge is 0.502 e. The van der Waals surface area contributed by atoms with Crippen LogP contribution in [-0.4, -0.2) is 27.5 Å². The first-order chi connectivity index (χ1) is 7.74. The Morgan fingerprint density at radius 2 is 2.12 bits per heavy atom. The zero-order valence-corrected chi connectivity index (χ0v) is 8.71. The summed E-state index contributed by atoms with van der Waals surface area (Å²) in [5.74, 6) is -4.39. The van der Waals surface area contributed by atoms with Crippen LogP contribution in [0.1, 0.15) is 16.1 Å². The summed E-state index contributed by atoms with van der Waals surface area (Å²) in [5, 5.41) is 17.9. The monoisotopic (exact) mass is 271 g/mol. The molecular formula is C8H5ClF3NO4. The Hall–Kier alpha value is -1.70. The van der Waals surface area contributed by atoms with Gasteiger partial charge in [0.25, 0.3) is 5.88 Å². The normalized spacial score (nSPS) is 11.3. The Bertz CT molecular complexity index is 449. The van der Waals surface area contributed by atoms with Gasteiger partial charge in [-0.25, -0.2) is 9.78 Å². The van der Waals surface area contributed by atoms with Crippen molar-refractivity contribution in [2.45, 2.75) is 12.2 Å². The van der Waals surface area contributed by atoms with Gasteiger partial charge in [0.2, 0.25) is 0 Å². The summed E-state index contributed by atoms with van der Waals surface area (Å²) in [7, 11) is 0. The van der Waals surface area contributed by atoms with Gasteiger partial charge in [-0.3, -0.25) is 0 Å². The molecule has 9 heteroatoms. The maximum absolute atomic E-state index is 11.9. The van der Waals surface area contributed by atoms with E-state index < -0.39 is 29.5 Å². The van der Waals surface area contributed by atoms with Crippen molar-refractivity contribution in [2.75, 3.05) is 0 Å². The number of hydrogen-bond donors (Lipinski definition) is 2. The van der Waals surface area contributed by atoms with Crippen LogP contribution in [-0.2, 0) is 5.88 Å². The molecule has 17 heavy (non-hydrogen) atoms. The molecule has 1 aromatic rings. The molecule has 0 aliphatic heterocycles. The summed E-state index contributed by atoms with van der Waals surface area (Å²) in [5.41, 5.74) is -0.934. The van der Waals surface area contributed by atoms with E-state index >= 15 is 0 Å². The molecule has 0 atom stereocenters. The average Bonchev–Trinajstić information content (AvgIpc) is 2.18. The fourth-order valence-corrected chi connectivity index (χ4v) is 1.12. The van der Waals surface area contributed by atoms with Crippen molar-refractivity contribution >= 4 is 17.6 Å². The van der Waals surface area contributed by atoms with Crippen LogP contribution in [0.25, 0.3) is 0 Å². The first-order valence-electron chi connectivity index (χ1n) is 4.02. The van der Waals surface area contributed by atoms with Crippen LogP contribution in [0.2, 0.25) is 0 Å². The van der Waals surface area contributed by atoms with Crippen LogP contribution in [0, 0.1) is 0 Å². The summed E-state index contributed by atoms with van der Waals surface area (Å²) < 4.78 is 39.2. The summed E-state index contributed by atoms with van der Waals surface area (Å²) in [6, 6.07) is 0.855. The number of alkyl halides is 4. The van der Waals surface area contributed by atoms with E-state index in [0.29, 0.717) is 0 Å². The molecule has 0 aromatic carbocycles. The Kier molecular flexibility index (Phi) is 3.66. The molecule has 0 bridgehead atoms. The molecule has 0 unspecified atom stereocenters. The highest BCUT2D eigenvalue weighted by Crippen LogP contribution is 2.33. The Balaban J connectivity index is 3.29. The minimum absolute atomic E-state index is 0.166. The standard InChI is InChI=1S/C8H5ClF3NO4/c9-2-3-1-4(7(15)16)5(14)6(13-3)17-8(10,11)12/h1,14H,2H2,(H,15,16). The summed E-state index contributed by atoms with van der Waals surface area (Å²) in [6.45, 7) is 0. The number of rotatable bonds is 3. The van der Waals surface area contributed by atoms with Crippen LogP contribution >= 0.6 is 11.6 Å². The van der Waals surface area contributed by atoms with E-state index in [4.69, 9.17) is 16.7 Å². The van der Waals surface area contributed by atoms with Crippen LogP contribution in [0.5, 0.6) is 11.6 Å². The van der Waals surface area contributed by atoms with Gasteiger partial charge in [0.15, 0.2) is 5.75 Å². The number of pyridine rings is 1. The number of ether oxygens (including phenoxy) is 1. The van der Waals surface area contributed by atoms with Gasteiger partial charge in [-0.2, -0.15) is 0 Å². The Morgan fingerprint density at radius 3 is 2.53 bits per heavy atom. The first kappa shape index (κ1) is 13.4. The van der Waals surface area contributed by atoms with Crippen molar-refractivity contribution in [2.24, 2.45) is 0 Å². The highest BCUT2D eigenvalue weighted by atomic mass is 35.5. The van der Waals surface area contributed by atoms with Gasteiger partial charge in [0.05, 0.1) is 11.6 Å². The van der Waals surface area contributed by atoms with E-state index in [9.17, 15) is 23.1 Å². The van der Waals surface area contributed by atoms with Gasteiger partial charge in [0.1, 0.15) is 5.56 Å². The van der Waals surface area contributed by atoms with Gasteiger partial charge in [-0.1, -0.05) is 0 Å². The molecule has 0 aliphatic carbocycles. The van der Waals surface area contributed by atoms with Crippen LogP contribution in [0.15, 0.2) is 6.07 Å². The van der Waals surface area contributed by atoms with Crippen molar-refractivity contribution in [1.29, 1.82) is 0 Å². The molecule has 5 nitrogen and oxygen atoms in total. The molecule has 0 saturated heterocycles. The molecule has 0 fully saturated rings. The number of aromatic carboxylic acids is 1. The highest BCUT2D eigenvalue weighted by Gasteiger charge is 2.34. The van der Waals surface area contributed by atoms with Crippen LogP contribution in [0.4, 0.5) is 13.2 Å². The van der Waals surface area contributed by atoms with Gasteiger partial charge < -0.3 is 14.9 Å². The predicted octanol–water partition coefficient (Wildman–Crippen LogP) is 2.12. The lowest BCUT2D eigenvalue weighted by atomic mass is 10.2. The van der Waals surface area contributed by atoms with Gasteiger partial charge in [-0.15, -0.1) is 24.8 Å². The molecule has 94 valence electrons. The van der Waals surface area contributed by atoms with E-state index in [0.717, 1.165) is 6.07 Å². The zero-order valence-electron chi connectivity index (χ0n) is 7.95. The lowest BCUT2D eigenvalue weighted by Gasteiger charge is -2.11. The molecule has 0 saturated carbocycles. The third-order valence-electron chi connectivity index (χ3n) is 1.59. The largest absolute Gasteiger partial charge is 0.574 e. The quantitative estimate of drug-likeness (QED) is 0.823. The number of aromatic hydroxyl groups is 1. The van der Waals surface area contributed by atoms with Gasteiger partial charge >= 0.3 is 12.3 Å². The number of carboxylic acids is 1. The van der Waals surface area contributed by atoms with E-state index in [2.05, 4.69) is 9.72 Å². The highest BCUT2D eigenvalue weighted by molar-refractivity contribution is 6.17. The number of aromatic nitrogens is 1. The van der Waals surface area contributed by atoms with Gasteiger partial charge in [-0.05, 0) is 6.07 Å². The fraction of sp³-hybridized carbons (Fsp3) is 0.250. The predicted molar refractivity (Wildman–Crippen MR) is 49.1 cm³/mol. The molecule has 1 rings (SSSR count). The molecule has 0 aliphatic rings. The number of carbonyl (C=O) groups is 1. The minimum Gasteiger partial charge on any atom is -0.502 e. The molecule has 0 radical (unpaired) electrons. The number of halogens is 4. The summed E-state index contributed by atoms with van der Waals surface area (Å²) in [4.78, 5) is 13.9. The molecule has 1 aromatic heterocycles. The van der Waals surface area contributed by atoms with E-state index in [1.165, 1.54) is 0 Å². The third-order valence-corrected chi connectivity index (χ3v) is 1.87. The third kappa shape index (κ3) is 3.38. The lowest BCUT2D eigenvalue weighted by molar-refractivity contribution is -0.276. The minimum atomic E-state index is -5.09. The van der Waals surface area contributed by atoms with Gasteiger partial charge in [0, 0.05) is 0 Å². The van der Waals surface area contributed by atoms with Crippen LogP contribution in [0.3, 0.4) is 0 Å². The summed E-state index contributed by atoms with van der Waals surface area (Å²) >= 11 is 5.33. The Labute approximate surface area is 97.4 Å². The average molecular weight is 272 g/mol. The topological polar surface area (TPSA) is 79.7 Å². The number of carboxylic acid groups (broad SMARTS) is 1. The van der Waals surface area contributed by atoms with Crippen molar-refractivity contribution in [1.82, 2.24) is 4.98 Å². The van der Waals surface area contributed by atoms with Crippen molar-refractivity contribution in [3.05, 3.63) is 17.3 Å². The maximum atomic E-state index is 11.9. The second kappa shape index (κ2) is 4.66. The van der Waals surface area contributed by atoms with Crippen molar-refractivity contribution < 1.29 is 32.9 Å². The van der Waals surface area contributed by atoms with Crippen molar-refractivity contribution in [3.8, 4) is 11.6 Å². The molecule has 2 N–H and O–H groups in total. The molecular weight excluding hydrogens is 267 g/mol. The zero-order chi connectivity index (χ0) is 13.2. The second-order valence-corrected chi connectivity index (χ2v) is 3.07. The van der Waals surface area contributed by atoms with E-state index in [1.807, 2.05) is 0 Å². The van der Waals surface area contributed by atoms with E-state index in [-0.39, 0.29) is 11.6 Å². The van der Waals surface area contributed by atoms with Crippen LogP contribution < -0.4 is 4.74 Å². The number of hydrogen-bond acceptors (Lipinski definition) is 4. The lowest BCUT2D eigenvalue weighted by Crippen LogP contribution is -2.19. The Morgan fingerprint density at radius 1 is 1.53 bits per heavy atom. The fourth-order valence-electron chi connectivity index (χ4n) is 0.978. The SMILES string of the molecule is O=C(O)c1cc(CCl)nc(OC(F)(F)F)c1O. The first-order valence-corrected chi connectivity index (χ1v) is 4.56. The molecule has 0 amide bonds. The number of nitrogens with zero attached hydrogens (tertiary/aromatic N) is 1. The maximum Gasteiger partial charge on any atom is 0.574 e. The summed E-state index contributed by atoms with van der Waals surface area (Å²) in [6.07, 6.45) is -5.09. The molecule has 1 heterocycles.